The quantitative estimate of drug-likeness (QED) is 0.231. The van der Waals surface area contributed by atoms with E-state index in [2.05, 4.69) is 6.92 Å². The number of aliphatic hydroxyl groups excluding tert-OH is 1. The van der Waals surface area contributed by atoms with Crippen molar-refractivity contribution in [2.75, 3.05) is 25.7 Å². The second-order valence-electron chi connectivity index (χ2n) is 8.68. The van der Waals surface area contributed by atoms with E-state index < -0.39 is 17.7 Å². The number of anilines is 1. The molecule has 7 nitrogen and oxygen atoms in total. The van der Waals surface area contributed by atoms with Gasteiger partial charge in [-0.05, 0) is 54.3 Å². The highest BCUT2D eigenvalue weighted by molar-refractivity contribution is 6.51. The fourth-order valence-electron chi connectivity index (χ4n) is 4.43. The van der Waals surface area contributed by atoms with Gasteiger partial charge >= 0.3 is 0 Å². The molecule has 1 saturated heterocycles. The van der Waals surface area contributed by atoms with Crippen molar-refractivity contribution in [2.45, 2.75) is 32.7 Å². The number of hydrogen-bond donors (Lipinski definition) is 1. The molecule has 0 spiro atoms. The number of ether oxygens (including phenoxy) is 3. The number of hydrogen-bond acceptors (Lipinski definition) is 6. The number of carbonyl (C=O) groups excluding carboxylic acids is 2. The molecule has 3 aromatic rings. The van der Waals surface area contributed by atoms with Crippen LogP contribution in [0.2, 0.25) is 0 Å². The largest absolute Gasteiger partial charge is 0.507 e. The fourth-order valence-corrected chi connectivity index (χ4v) is 4.43. The first-order valence-corrected chi connectivity index (χ1v) is 12.3. The Labute approximate surface area is 216 Å². The molecule has 7 heteroatoms. The van der Waals surface area contributed by atoms with Gasteiger partial charge in [-0.1, -0.05) is 44.2 Å². The Balaban J connectivity index is 1.89. The van der Waals surface area contributed by atoms with E-state index in [1.165, 1.54) is 19.1 Å². The molecule has 37 heavy (non-hydrogen) atoms. The Morgan fingerprint density at radius 2 is 1.65 bits per heavy atom. The minimum atomic E-state index is -0.833. The van der Waals surface area contributed by atoms with E-state index in [1.807, 2.05) is 37.3 Å². The van der Waals surface area contributed by atoms with Gasteiger partial charge in [0.25, 0.3) is 11.7 Å². The highest BCUT2D eigenvalue weighted by Crippen LogP contribution is 2.43. The van der Waals surface area contributed by atoms with E-state index in [-0.39, 0.29) is 11.3 Å². The summed E-state index contributed by atoms with van der Waals surface area (Å²) in [6.07, 6.45) is 1.69. The first kappa shape index (κ1) is 25.8. The second kappa shape index (κ2) is 11.2. The third kappa shape index (κ3) is 5.03. The van der Waals surface area contributed by atoms with Gasteiger partial charge in [-0.15, -0.1) is 0 Å². The Bertz CT molecular complexity index is 1330. The number of rotatable bonds is 9. The Kier molecular flexibility index (Phi) is 7.82. The van der Waals surface area contributed by atoms with Gasteiger partial charge in [-0.25, -0.2) is 0 Å². The summed E-state index contributed by atoms with van der Waals surface area (Å²) in [5.74, 6) is -0.303. The second-order valence-corrected chi connectivity index (χ2v) is 8.68. The van der Waals surface area contributed by atoms with Crippen LogP contribution in [0.5, 0.6) is 17.2 Å². The van der Waals surface area contributed by atoms with Crippen LogP contribution in [-0.2, 0) is 16.0 Å². The average Bonchev–Trinajstić information content (AvgIpc) is 3.21. The zero-order valence-electron chi connectivity index (χ0n) is 21.5. The molecule has 4 rings (SSSR count). The number of carbonyl (C=O) groups is 2. The number of methoxy groups -OCH3 is 2. The molecule has 0 saturated carbocycles. The number of Topliss-reactive ketones (excluding diaryl/α,β-unsaturated/α-hetero) is 1. The Morgan fingerprint density at radius 3 is 2.30 bits per heavy atom. The molecule has 1 atom stereocenters. The summed E-state index contributed by atoms with van der Waals surface area (Å²) < 4.78 is 16.4. The number of amides is 1. The molecule has 1 aliphatic heterocycles. The number of benzene rings is 3. The zero-order valence-corrected chi connectivity index (χ0v) is 21.5. The average molecular weight is 502 g/mol. The van der Waals surface area contributed by atoms with Crippen molar-refractivity contribution in [1.29, 1.82) is 0 Å². The van der Waals surface area contributed by atoms with Gasteiger partial charge < -0.3 is 19.3 Å². The third-order valence-electron chi connectivity index (χ3n) is 6.37. The summed E-state index contributed by atoms with van der Waals surface area (Å²) in [6.45, 7) is 4.60. The van der Waals surface area contributed by atoms with Gasteiger partial charge in [0.15, 0.2) is 11.5 Å². The van der Waals surface area contributed by atoms with Crippen molar-refractivity contribution in [3.05, 3.63) is 89.0 Å². The van der Waals surface area contributed by atoms with Crippen molar-refractivity contribution in [3.8, 4) is 17.2 Å². The van der Waals surface area contributed by atoms with Crippen molar-refractivity contribution in [2.24, 2.45) is 0 Å². The molecule has 3 aromatic carbocycles. The predicted octanol–water partition coefficient (Wildman–Crippen LogP) is 5.68. The van der Waals surface area contributed by atoms with Crippen LogP contribution < -0.4 is 19.1 Å². The van der Waals surface area contributed by atoms with Crippen molar-refractivity contribution >= 4 is 23.1 Å². The molecule has 0 radical (unpaired) electrons. The SMILES string of the molecule is CCCOc1cccc(N2C(=O)C(=O)/C(=C(/O)c3ccc(OC)c(OC)c3)C2c2ccc(CC)cc2)c1. The number of aryl methyl sites for hydroxylation is 1. The lowest BCUT2D eigenvalue weighted by Gasteiger charge is -2.26. The maximum Gasteiger partial charge on any atom is 0.300 e. The fraction of sp³-hybridized carbons (Fsp3) is 0.267. The van der Waals surface area contributed by atoms with Gasteiger partial charge in [-0.3, -0.25) is 14.5 Å². The first-order valence-electron chi connectivity index (χ1n) is 12.3. The number of aliphatic hydroxyl groups is 1. The number of ketones is 1. The number of nitrogens with zero attached hydrogens (tertiary/aromatic N) is 1. The highest BCUT2D eigenvalue weighted by Gasteiger charge is 2.47. The lowest BCUT2D eigenvalue weighted by atomic mass is 9.94. The van der Waals surface area contributed by atoms with Crippen LogP contribution in [-0.4, -0.2) is 37.6 Å². The monoisotopic (exact) mass is 501 g/mol. The van der Waals surface area contributed by atoms with Crippen LogP contribution in [0.25, 0.3) is 5.76 Å². The Morgan fingerprint density at radius 1 is 0.919 bits per heavy atom. The van der Waals surface area contributed by atoms with Gasteiger partial charge in [-0.2, -0.15) is 0 Å². The molecular weight excluding hydrogens is 470 g/mol. The molecule has 1 aliphatic rings. The summed E-state index contributed by atoms with van der Waals surface area (Å²) in [4.78, 5) is 28.3. The molecule has 0 aliphatic carbocycles. The van der Waals surface area contributed by atoms with E-state index in [0.29, 0.717) is 40.7 Å². The van der Waals surface area contributed by atoms with E-state index in [0.717, 1.165) is 18.4 Å². The molecule has 1 unspecified atom stereocenters. The Hall–Kier alpha value is -4.26. The zero-order chi connectivity index (χ0) is 26.5. The standard InChI is InChI=1S/C30H31NO6/c1-5-16-37-23-9-7-8-22(18-23)31-27(20-12-10-19(6-2)11-13-20)26(29(33)30(31)34)28(32)21-14-15-24(35-3)25(17-21)36-4/h7-15,17-18,27,32H,5-6,16H2,1-4H3/b28-26+. The minimum Gasteiger partial charge on any atom is -0.507 e. The molecule has 0 aromatic heterocycles. The van der Waals surface area contributed by atoms with E-state index in [4.69, 9.17) is 14.2 Å². The van der Waals surface area contributed by atoms with E-state index >= 15 is 0 Å². The maximum absolute atomic E-state index is 13.5. The van der Waals surface area contributed by atoms with Gasteiger partial charge in [0.1, 0.15) is 11.5 Å². The van der Waals surface area contributed by atoms with Crippen molar-refractivity contribution < 1.29 is 28.9 Å². The van der Waals surface area contributed by atoms with Crippen LogP contribution in [0, 0.1) is 0 Å². The van der Waals surface area contributed by atoms with Crippen LogP contribution in [0.3, 0.4) is 0 Å². The van der Waals surface area contributed by atoms with Crippen molar-refractivity contribution in [3.63, 3.8) is 0 Å². The molecule has 192 valence electrons. The van der Waals surface area contributed by atoms with Crippen molar-refractivity contribution in [1.82, 2.24) is 0 Å². The summed E-state index contributed by atoms with van der Waals surface area (Å²) >= 11 is 0. The summed E-state index contributed by atoms with van der Waals surface area (Å²) in [5, 5.41) is 11.4. The van der Waals surface area contributed by atoms with Gasteiger partial charge in [0, 0.05) is 17.3 Å². The molecule has 1 fully saturated rings. The van der Waals surface area contributed by atoms with Crippen LogP contribution >= 0.6 is 0 Å². The highest BCUT2D eigenvalue weighted by atomic mass is 16.5. The smallest absolute Gasteiger partial charge is 0.300 e. The van der Waals surface area contributed by atoms with Crippen LogP contribution in [0.1, 0.15) is 43.0 Å². The normalized spacial score (nSPS) is 16.6. The van der Waals surface area contributed by atoms with E-state index in [1.54, 1.807) is 36.4 Å². The third-order valence-corrected chi connectivity index (χ3v) is 6.37. The van der Waals surface area contributed by atoms with Gasteiger partial charge in [0.05, 0.1) is 32.4 Å². The minimum absolute atomic E-state index is 0.00125. The first-order chi connectivity index (χ1) is 17.9. The summed E-state index contributed by atoms with van der Waals surface area (Å²) in [5.41, 5.74) is 2.67. The van der Waals surface area contributed by atoms with E-state index in [9.17, 15) is 14.7 Å². The summed E-state index contributed by atoms with van der Waals surface area (Å²) in [6, 6.07) is 18.8. The summed E-state index contributed by atoms with van der Waals surface area (Å²) in [7, 11) is 3.00. The molecule has 1 heterocycles. The predicted molar refractivity (Wildman–Crippen MR) is 142 cm³/mol. The lowest BCUT2D eigenvalue weighted by Crippen LogP contribution is -2.29. The molecule has 1 amide bonds. The van der Waals surface area contributed by atoms with Crippen LogP contribution in [0.4, 0.5) is 5.69 Å². The van der Waals surface area contributed by atoms with Gasteiger partial charge in [0.2, 0.25) is 0 Å². The van der Waals surface area contributed by atoms with Crippen LogP contribution in [0.15, 0.2) is 72.3 Å². The topological polar surface area (TPSA) is 85.3 Å². The maximum atomic E-state index is 13.5. The molecule has 1 N–H and O–H groups in total. The lowest BCUT2D eigenvalue weighted by molar-refractivity contribution is -0.132. The molecule has 0 bridgehead atoms. The molecular formula is C30H31NO6.